The molecule has 0 spiro atoms. The van der Waals surface area contributed by atoms with E-state index in [1.54, 1.807) is 7.11 Å². The summed E-state index contributed by atoms with van der Waals surface area (Å²) in [4.78, 5) is 9.16. The Balaban J connectivity index is 1.69. The fourth-order valence-electron chi connectivity index (χ4n) is 3.20. The van der Waals surface area contributed by atoms with Gasteiger partial charge in [0.1, 0.15) is 0 Å². The summed E-state index contributed by atoms with van der Waals surface area (Å²) in [5.41, 5.74) is 2.24. The van der Waals surface area contributed by atoms with Crippen LogP contribution in [0.4, 0.5) is 5.95 Å². The second kappa shape index (κ2) is 6.39. The van der Waals surface area contributed by atoms with Crippen molar-refractivity contribution in [2.24, 2.45) is 5.92 Å². The lowest BCUT2D eigenvalue weighted by atomic mass is 9.89. The normalized spacial score (nSPS) is 19.4. The highest BCUT2D eigenvalue weighted by Crippen LogP contribution is 2.26. The van der Waals surface area contributed by atoms with Gasteiger partial charge in [-0.1, -0.05) is 19.3 Å². The van der Waals surface area contributed by atoms with E-state index in [2.05, 4.69) is 20.6 Å². The molecule has 110 valence electrons. The first-order valence-electron chi connectivity index (χ1n) is 7.75. The van der Waals surface area contributed by atoms with Crippen molar-refractivity contribution in [1.29, 1.82) is 0 Å². The van der Waals surface area contributed by atoms with Gasteiger partial charge in [-0.25, -0.2) is 4.98 Å². The third-order valence-corrected chi connectivity index (χ3v) is 4.37. The average Bonchev–Trinajstić information content (AvgIpc) is 2.53. The fourth-order valence-corrected chi connectivity index (χ4v) is 3.20. The van der Waals surface area contributed by atoms with E-state index in [-0.39, 0.29) is 0 Å². The van der Waals surface area contributed by atoms with Crippen molar-refractivity contribution in [1.82, 2.24) is 15.3 Å². The molecule has 5 heteroatoms. The average molecular weight is 276 g/mol. The van der Waals surface area contributed by atoms with Crippen molar-refractivity contribution in [3.05, 3.63) is 11.3 Å². The molecule has 1 saturated carbocycles. The van der Waals surface area contributed by atoms with Crippen LogP contribution < -0.4 is 15.4 Å². The predicted octanol–water partition coefficient (Wildman–Crippen LogP) is 2.12. The molecule has 3 rings (SSSR count). The molecule has 0 aromatic carbocycles. The SMILES string of the molecule is COc1nc(NCC2CCCCC2)nc2c1CCNC2. The van der Waals surface area contributed by atoms with Gasteiger partial charge in [0.05, 0.1) is 12.8 Å². The number of aromatic nitrogens is 2. The molecule has 2 aliphatic rings. The third-order valence-electron chi connectivity index (χ3n) is 4.37. The summed E-state index contributed by atoms with van der Waals surface area (Å²) < 4.78 is 5.43. The molecule has 1 aliphatic carbocycles. The van der Waals surface area contributed by atoms with Gasteiger partial charge < -0.3 is 15.4 Å². The van der Waals surface area contributed by atoms with E-state index in [1.165, 1.54) is 32.1 Å². The zero-order chi connectivity index (χ0) is 13.8. The molecule has 0 bridgehead atoms. The number of hydrogen-bond donors (Lipinski definition) is 2. The third kappa shape index (κ3) is 3.03. The van der Waals surface area contributed by atoms with E-state index >= 15 is 0 Å². The van der Waals surface area contributed by atoms with Crippen LogP contribution in [0.2, 0.25) is 0 Å². The summed E-state index contributed by atoms with van der Waals surface area (Å²) in [6.45, 7) is 2.77. The quantitative estimate of drug-likeness (QED) is 0.882. The zero-order valence-corrected chi connectivity index (χ0v) is 12.2. The molecule has 5 nitrogen and oxygen atoms in total. The number of ether oxygens (including phenoxy) is 1. The number of nitrogens with zero attached hydrogens (tertiary/aromatic N) is 2. The first-order valence-corrected chi connectivity index (χ1v) is 7.75. The summed E-state index contributed by atoms with van der Waals surface area (Å²) in [5, 5.41) is 6.76. The Morgan fingerprint density at radius 3 is 2.90 bits per heavy atom. The van der Waals surface area contributed by atoms with Crippen molar-refractivity contribution < 1.29 is 4.74 Å². The van der Waals surface area contributed by atoms with E-state index < -0.39 is 0 Å². The molecule has 1 fully saturated rings. The van der Waals surface area contributed by atoms with E-state index in [0.717, 1.165) is 55.1 Å². The largest absolute Gasteiger partial charge is 0.481 e. The van der Waals surface area contributed by atoms with Gasteiger partial charge in [0, 0.05) is 18.7 Å². The minimum absolute atomic E-state index is 0.717. The van der Waals surface area contributed by atoms with Crippen LogP contribution >= 0.6 is 0 Å². The Hall–Kier alpha value is -1.36. The first-order chi connectivity index (χ1) is 9.86. The Bertz CT molecular complexity index is 440. The van der Waals surface area contributed by atoms with Crippen LogP contribution in [0.5, 0.6) is 5.88 Å². The van der Waals surface area contributed by atoms with Crippen LogP contribution in [0.3, 0.4) is 0 Å². The molecular formula is C15H24N4O. The lowest BCUT2D eigenvalue weighted by Gasteiger charge is -2.23. The van der Waals surface area contributed by atoms with Gasteiger partial charge in [-0.15, -0.1) is 0 Å². The molecule has 2 heterocycles. The Morgan fingerprint density at radius 2 is 2.10 bits per heavy atom. The maximum atomic E-state index is 5.43. The topological polar surface area (TPSA) is 59.1 Å². The van der Waals surface area contributed by atoms with Crippen LogP contribution in [-0.4, -0.2) is 30.2 Å². The van der Waals surface area contributed by atoms with Gasteiger partial charge in [-0.3, -0.25) is 0 Å². The fraction of sp³-hybridized carbons (Fsp3) is 0.733. The van der Waals surface area contributed by atoms with Crippen LogP contribution in [0.25, 0.3) is 0 Å². The molecule has 0 amide bonds. The smallest absolute Gasteiger partial charge is 0.226 e. The second-order valence-electron chi connectivity index (χ2n) is 5.79. The second-order valence-corrected chi connectivity index (χ2v) is 5.79. The first kappa shape index (κ1) is 13.6. The molecule has 1 aromatic rings. The summed E-state index contributed by atoms with van der Waals surface area (Å²) in [6, 6.07) is 0. The number of nitrogens with one attached hydrogen (secondary N) is 2. The van der Waals surface area contributed by atoms with Crippen molar-refractivity contribution >= 4 is 5.95 Å². The van der Waals surface area contributed by atoms with Gasteiger partial charge in [0.25, 0.3) is 0 Å². The molecule has 0 unspecified atom stereocenters. The number of rotatable bonds is 4. The molecular weight excluding hydrogens is 252 g/mol. The minimum atomic E-state index is 0.717. The van der Waals surface area contributed by atoms with Crippen molar-refractivity contribution in [2.75, 3.05) is 25.5 Å². The molecule has 20 heavy (non-hydrogen) atoms. The van der Waals surface area contributed by atoms with Gasteiger partial charge in [0.2, 0.25) is 11.8 Å². The van der Waals surface area contributed by atoms with Gasteiger partial charge in [-0.2, -0.15) is 4.98 Å². The predicted molar refractivity (Wildman–Crippen MR) is 79.1 cm³/mol. The lowest BCUT2D eigenvalue weighted by Crippen LogP contribution is -2.26. The maximum Gasteiger partial charge on any atom is 0.226 e. The van der Waals surface area contributed by atoms with Crippen molar-refractivity contribution in [3.63, 3.8) is 0 Å². The van der Waals surface area contributed by atoms with Crippen molar-refractivity contribution in [3.8, 4) is 5.88 Å². The molecule has 1 aliphatic heterocycles. The Kier molecular flexibility index (Phi) is 4.35. The van der Waals surface area contributed by atoms with Crippen LogP contribution in [0.1, 0.15) is 43.4 Å². The number of fused-ring (bicyclic) bond motifs is 1. The molecule has 0 radical (unpaired) electrons. The number of hydrogen-bond acceptors (Lipinski definition) is 5. The van der Waals surface area contributed by atoms with Gasteiger partial charge in [0.15, 0.2) is 0 Å². The standard InChI is InChI=1S/C15H24N4O/c1-20-14-12-7-8-16-10-13(12)18-15(19-14)17-9-11-5-3-2-4-6-11/h11,16H,2-10H2,1H3,(H,17,18,19). The van der Waals surface area contributed by atoms with E-state index in [0.29, 0.717) is 0 Å². The molecule has 0 atom stereocenters. The minimum Gasteiger partial charge on any atom is -0.481 e. The van der Waals surface area contributed by atoms with Crippen LogP contribution in [0.15, 0.2) is 0 Å². The van der Waals surface area contributed by atoms with Crippen LogP contribution in [-0.2, 0) is 13.0 Å². The summed E-state index contributed by atoms with van der Waals surface area (Å²) in [6.07, 6.45) is 7.73. The maximum absolute atomic E-state index is 5.43. The highest BCUT2D eigenvalue weighted by Gasteiger charge is 2.19. The summed E-state index contributed by atoms with van der Waals surface area (Å²) in [5.74, 6) is 2.23. The Morgan fingerprint density at radius 1 is 1.25 bits per heavy atom. The van der Waals surface area contributed by atoms with E-state index in [9.17, 15) is 0 Å². The van der Waals surface area contributed by atoms with Gasteiger partial charge in [-0.05, 0) is 31.7 Å². The summed E-state index contributed by atoms with van der Waals surface area (Å²) >= 11 is 0. The summed E-state index contributed by atoms with van der Waals surface area (Å²) in [7, 11) is 1.69. The lowest BCUT2D eigenvalue weighted by molar-refractivity contribution is 0.371. The van der Waals surface area contributed by atoms with E-state index in [1.807, 2.05) is 0 Å². The van der Waals surface area contributed by atoms with Crippen LogP contribution in [0, 0.1) is 5.92 Å². The number of anilines is 1. The molecule has 1 aromatic heterocycles. The van der Waals surface area contributed by atoms with E-state index in [4.69, 9.17) is 4.74 Å². The molecule has 2 N–H and O–H groups in total. The Labute approximate surface area is 120 Å². The van der Waals surface area contributed by atoms with Gasteiger partial charge >= 0.3 is 0 Å². The zero-order valence-electron chi connectivity index (χ0n) is 12.2. The number of methoxy groups -OCH3 is 1. The molecule has 0 saturated heterocycles. The highest BCUT2D eigenvalue weighted by molar-refractivity contribution is 5.39. The monoisotopic (exact) mass is 276 g/mol. The van der Waals surface area contributed by atoms with Crippen molar-refractivity contribution in [2.45, 2.75) is 45.1 Å². The highest BCUT2D eigenvalue weighted by atomic mass is 16.5.